The summed E-state index contributed by atoms with van der Waals surface area (Å²) in [5.41, 5.74) is 6.26. The van der Waals surface area contributed by atoms with E-state index in [-0.39, 0.29) is 11.5 Å². The lowest BCUT2D eigenvalue weighted by Gasteiger charge is -2.14. The van der Waals surface area contributed by atoms with Crippen molar-refractivity contribution in [3.05, 3.63) is 29.3 Å². The first-order chi connectivity index (χ1) is 8.16. The van der Waals surface area contributed by atoms with Gasteiger partial charge in [-0.25, -0.2) is 9.78 Å². The van der Waals surface area contributed by atoms with E-state index < -0.39 is 5.97 Å². The molecule has 0 fully saturated rings. The molecule has 17 heavy (non-hydrogen) atoms. The second-order valence-corrected chi connectivity index (χ2v) is 4.89. The van der Waals surface area contributed by atoms with E-state index in [4.69, 9.17) is 5.73 Å². The van der Waals surface area contributed by atoms with Crippen LogP contribution in [0.5, 0.6) is 0 Å². The Kier molecular flexibility index (Phi) is 3.58. The lowest BCUT2D eigenvalue weighted by atomic mass is 9.92. The smallest absolute Gasteiger partial charge is 0.337 e. The minimum Gasteiger partial charge on any atom is -0.478 e. The molecule has 3 N–H and O–H groups in total. The van der Waals surface area contributed by atoms with Gasteiger partial charge >= 0.3 is 5.97 Å². The van der Waals surface area contributed by atoms with Crippen LogP contribution in [-0.4, -0.2) is 16.1 Å². The van der Waals surface area contributed by atoms with Crippen molar-refractivity contribution in [1.29, 1.82) is 0 Å². The van der Waals surface area contributed by atoms with Crippen LogP contribution in [0.25, 0.3) is 5.57 Å². The molecule has 0 radical (unpaired) electrons. The van der Waals surface area contributed by atoms with Gasteiger partial charge in [0.1, 0.15) is 0 Å². The Morgan fingerprint density at radius 2 is 2.41 bits per heavy atom. The van der Waals surface area contributed by atoms with Crippen molar-refractivity contribution in [2.45, 2.75) is 19.3 Å². The minimum absolute atomic E-state index is 0.262. The average Bonchev–Trinajstić information content (AvgIpc) is 2.73. The number of aliphatic carboxylic acids is 1. The number of anilines is 1. The molecule has 1 aromatic heterocycles. The number of nitrogens with two attached hydrogens (primary N) is 1. The molecule has 5 heteroatoms. The van der Waals surface area contributed by atoms with Gasteiger partial charge in [0, 0.05) is 5.38 Å². The van der Waals surface area contributed by atoms with Crippen molar-refractivity contribution in [1.82, 2.24) is 4.98 Å². The number of rotatable bonds is 3. The Balaban J connectivity index is 2.25. The van der Waals surface area contributed by atoms with Gasteiger partial charge in [0.15, 0.2) is 5.13 Å². The van der Waals surface area contributed by atoms with Crippen LogP contribution in [0.3, 0.4) is 0 Å². The maximum atomic E-state index is 11.2. The van der Waals surface area contributed by atoms with Crippen LogP contribution in [0.1, 0.15) is 25.0 Å². The Bertz CT molecular complexity index is 477. The summed E-state index contributed by atoms with van der Waals surface area (Å²) in [5.74, 6) is -0.654. The van der Waals surface area contributed by atoms with Gasteiger partial charge in [-0.2, -0.15) is 0 Å². The molecule has 4 nitrogen and oxygen atoms in total. The molecular formula is C12H14N2O2S. The molecule has 0 saturated heterocycles. The molecule has 0 spiro atoms. The average molecular weight is 250 g/mol. The Labute approximate surface area is 103 Å². The summed E-state index contributed by atoms with van der Waals surface area (Å²) in [6.07, 6.45) is 8.93. The molecule has 1 aromatic rings. The molecule has 1 aliphatic carbocycles. The zero-order valence-corrected chi connectivity index (χ0v) is 10.1. The normalized spacial score (nSPS) is 20.5. The number of nitrogens with zero attached hydrogens (tertiary/aromatic N) is 1. The number of hydrogen-bond donors (Lipinski definition) is 2. The summed E-state index contributed by atoms with van der Waals surface area (Å²) >= 11 is 1.26. The van der Waals surface area contributed by atoms with E-state index in [1.54, 1.807) is 11.5 Å². The summed E-state index contributed by atoms with van der Waals surface area (Å²) in [4.78, 5) is 15.2. The van der Waals surface area contributed by atoms with Gasteiger partial charge in [0.25, 0.3) is 0 Å². The number of nitrogen functional groups attached to an aromatic ring is 1. The predicted octanol–water partition coefficient (Wildman–Crippen LogP) is 2.55. The fourth-order valence-electron chi connectivity index (χ4n) is 1.88. The SMILES string of the molecule is Nc1nc(C(=CC2CC=CCC2)C(=O)O)cs1. The molecule has 1 aliphatic rings. The fourth-order valence-corrected chi connectivity index (χ4v) is 2.44. The van der Waals surface area contributed by atoms with Gasteiger partial charge in [-0.15, -0.1) is 11.3 Å². The summed E-state index contributed by atoms with van der Waals surface area (Å²) < 4.78 is 0. The highest BCUT2D eigenvalue weighted by molar-refractivity contribution is 7.13. The molecule has 0 aromatic carbocycles. The van der Waals surface area contributed by atoms with Crippen LogP contribution in [0, 0.1) is 5.92 Å². The minimum atomic E-state index is -0.940. The molecule has 1 atom stereocenters. The summed E-state index contributed by atoms with van der Waals surface area (Å²) in [7, 11) is 0. The van der Waals surface area contributed by atoms with E-state index in [0.717, 1.165) is 19.3 Å². The number of carbonyl (C=O) groups is 1. The summed E-state index contributed by atoms with van der Waals surface area (Å²) in [5, 5.41) is 11.3. The second-order valence-electron chi connectivity index (χ2n) is 4.00. The van der Waals surface area contributed by atoms with E-state index in [9.17, 15) is 9.90 Å². The highest BCUT2D eigenvalue weighted by atomic mass is 32.1. The molecule has 1 unspecified atom stereocenters. The second kappa shape index (κ2) is 5.14. The summed E-state index contributed by atoms with van der Waals surface area (Å²) in [6.45, 7) is 0. The van der Waals surface area contributed by atoms with E-state index in [1.807, 2.05) is 0 Å². The number of carboxylic acid groups (broad SMARTS) is 1. The highest BCUT2D eigenvalue weighted by Gasteiger charge is 2.17. The first kappa shape index (κ1) is 11.9. The molecule has 2 rings (SSSR count). The first-order valence-corrected chi connectivity index (χ1v) is 6.36. The molecule has 0 amide bonds. The van der Waals surface area contributed by atoms with Crippen LogP contribution in [-0.2, 0) is 4.79 Å². The topological polar surface area (TPSA) is 76.2 Å². The predicted molar refractivity (Wildman–Crippen MR) is 68.6 cm³/mol. The van der Waals surface area contributed by atoms with Crippen LogP contribution in [0.4, 0.5) is 5.13 Å². The van der Waals surface area contributed by atoms with Crippen molar-refractivity contribution in [2.75, 3.05) is 5.73 Å². The lowest BCUT2D eigenvalue weighted by Crippen LogP contribution is -2.06. The van der Waals surface area contributed by atoms with E-state index >= 15 is 0 Å². The van der Waals surface area contributed by atoms with E-state index in [1.165, 1.54) is 11.3 Å². The molecule has 90 valence electrons. The van der Waals surface area contributed by atoms with E-state index in [2.05, 4.69) is 17.1 Å². The Morgan fingerprint density at radius 3 is 2.94 bits per heavy atom. The van der Waals surface area contributed by atoms with Gasteiger partial charge in [0.2, 0.25) is 0 Å². The van der Waals surface area contributed by atoms with Gasteiger partial charge in [-0.1, -0.05) is 18.2 Å². The van der Waals surface area contributed by atoms with Crippen LogP contribution < -0.4 is 5.73 Å². The van der Waals surface area contributed by atoms with E-state index in [0.29, 0.717) is 10.8 Å². The van der Waals surface area contributed by atoms with Gasteiger partial charge in [-0.3, -0.25) is 0 Å². The summed E-state index contributed by atoms with van der Waals surface area (Å²) in [6, 6.07) is 0. The maximum Gasteiger partial charge on any atom is 0.337 e. The van der Waals surface area contributed by atoms with Crippen LogP contribution in [0.15, 0.2) is 23.6 Å². The molecule has 0 saturated carbocycles. The monoisotopic (exact) mass is 250 g/mol. The highest BCUT2D eigenvalue weighted by Crippen LogP contribution is 2.26. The first-order valence-electron chi connectivity index (χ1n) is 5.48. The lowest BCUT2D eigenvalue weighted by molar-refractivity contribution is -0.130. The zero-order valence-electron chi connectivity index (χ0n) is 9.30. The van der Waals surface area contributed by atoms with Crippen molar-refractivity contribution in [3.63, 3.8) is 0 Å². The van der Waals surface area contributed by atoms with Crippen molar-refractivity contribution in [2.24, 2.45) is 5.92 Å². The molecule has 0 bridgehead atoms. The van der Waals surface area contributed by atoms with Crippen molar-refractivity contribution < 1.29 is 9.90 Å². The van der Waals surface area contributed by atoms with Gasteiger partial charge in [-0.05, 0) is 25.2 Å². The Morgan fingerprint density at radius 1 is 1.59 bits per heavy atom. The molecular weight excluding hydrogens is 236 g/mol. The number of hydrogen-bond acceptors (Lipinski definition) is 4. The number of carboxylic acids is 1. The largest absolute Gasteiger partial charge is 0.478 e. The fraction of sp³-hybridized carbons (Fsp3) is 0.333. The van der Waals surface area contributed by atoms with Crippen LogP contribution >= 0.6 is 11.3 Å². The standard InChI is InChI=1S/C12H14N2O2S/c13-12-14-10(7-17-12)9(11(15)16)6-8-4-2-1-3-5-8/h1-2,6-8H,3-5H2,(H2,13,14)(H,15,16). The number of allylic oxidation sites excluding steroid dienone is 3. The number of thiazole rings is 1. The zero-order chi connectivity index (χ0) is 12.3. The number of aromatic nitrogens is 1. The van der Waals surface area contributed by atoms with Crippen molar-refractivity contribution >= 4 is 28.0 Å². The third kappa shape index (κ3) is 2.94. The molecule has 1 heterocycles. The van der Waals surface area contributed by atoms with Crippen molar-refractivity contribution in [3.8, 4) is 0 Å². The Hall–Kier alpha value is -1.62. The van der Waals surface area contributed by atoms with Gasteiger partial charge < -0.3 is 10.8 Å². The van der Waals surface area contributed by atoms with Gasteiger partial charge in [0.05, 0.1) is 11.3 Å². The van der Waals surface area contributed by atoms with Crippen LogP contribution in [0.2, 0.25) is 0 Å². The maximum absolute atomic E-state index is 11.2. The third-order valence-electron chi connectivity index (χ3n) is 2.74. The quantitative estimate of drug-likeness (QED) is 0.638. The molecule has 0 aliphatic heterocycles. The third-order valence-corrected chi connectivity index (χ3v) is 3.41.